The van der Waals surface area contributed by atoms with Crippen LogP contribution in [-0.2, 0) is 4.74 Å². The molecule has 110 valence electrons. The number of alkyl halides is 3. The van der Waals surface area contributed by atoms with Gasteiger partial charge in [-0.3, -0.25) is 0 Å². The zero-order valence-corrected chi connectivity index (χ0v) is 10.3. The van der Waals surface area contributed by atoms with Crippen molar-refractivity contribution in [2.24, 2.45) is 0 Å². The first-order valence-corrected chi connectivity index (χ1v) is 5.58. The number of rotatable bonds is 5. The highest BCUT2D eigenvalue weighted by atomic mass is 19.4. The fourth-order valence-corrected chi connectivity index (χ4v) is 1.27. The Morgan fingerprint density at radius 1 is 1.15 bits per heavy atom. The second-order valence-electron chi connectivity index (χ2n) is 3.65. The summed E-state index contributed by atoms with van der Waals surface area (Å²) in [6.45, 7) is -2.13. The Hall–Kier alpha value is -1.78. The Labute approximate surface area is 113 Å². The molecule has 0 amide bonds. The number of benzene rings is 1. The van der Waals surface area contributed by atoms with Gasteiger partial charge in [-0.05, 0) is 12.1 Å². The zero-order chi connectivity index (χ0) is 15.0. The van der Waals surface area contributed by atoms with Crippen LogP contribution in [0.5, 0.6) is 5.75 Å². The van der Waals surface area contributed by atoms with Crippen molar-refractivity contribution in [1.29, 1.82) is 0 Å². The van der Waals surface area contributed by atoms with Crippen molar-refractivity contribution in [3.63, 3.8) is 0 Å². The van der Waals surface area contributed by atoms with Gasteiger partial charge in [0.15, 0.2) is 0 Å². The first-order chi connectivity index (χ1) is 9.40. The molecule has 0 saturated carbocycles. The highest BCUT2D eigenvalue weighted by Crippen LogP contribution is 2.16. The summed E-state index contributed by atoms with van der Waals surface area (Å²) < 4.78 is 57.9. The molecule has 20 heavy (non-hydrogen) atoms. The van der Waals surface area contributed by atoms with E-state index in [2.05, 4.69) is 16.6 Å². The van der Waals surface area contributed by atoms with Crippen LogP contribution in [0.2, 0.25) is 0 Å². The molecule has 0 spiro atoms. The standard InChI is InChI=1S/C13H12F4O3/c14-11-6-10(2-1-3-18)7-12(8-11)20-5-4-19-9-13(15,16)17/h6-8,18H,3-5,9H2. The molecule has 0 saturated heterocycles. The molecule has 1 N–H and O–H groups in total. The Bertz CT molecular complexity index is 489. The molecule has 0 heterocycles. The number of hydrogen-bond donors (Lipinski definition) is 1. The maximum Gasteiger partial charge on any atom is 0.411 e. The maximum absolute atomic E-state index is 13.2. The van der Waals surface area contributed by atoms with Gasteiger partial charge in [-0.1, -0.05) is 11.8 Å². The van der Waals surface area contributed by atoms with Crippen LogP contribution in [0, 0.1) is 17.7 Å². The predicted octanol–water partition coefficient (Wildman–Crippen LogP) is 2.13. The van der Waals surface area contributed by atoms with E-state index in [0.29, 0.717) is 5.56 Å². The average Bonchev–Trinajstić information content (AvgIpc) is 2.34. The molecule has 0 fully saturated rings. The summed E-state index contributed by atoms with van der Waals surface area (Å²) in [4.78, 5) is 0. The summed E-state index contributed by atoms with van der Waals surface area (Å²) in [6, 6.07) is 3.64. The smallest absolute Gasteiger partial charge is 0.411 e. The van der Waals surface area contributed by atoms with Crippen LogP contribution >= 0.6 is 0 Å². The molecule has 0 radical (unpaired) electrons. The van der Waals surface area contributed by atoms with Gasteiger partial charge < -0.3 is 14.6 Å². The van der Waals surface area contributed by atoms with Gasteiger partial charge in [-0.2, -0.15) is 13.2 Å². The molecule has 0 unspecified atom stereocenters. The molecule has 1 rings (SSSR count). The molecule has 1 aromatic carbocycles. The van der Waals surface area contributed by atoms with E-state index in [-0.39, 0.29) is 25.6 Å². The van der Waals surface area contributed by atoms with Crippen molar-refractivity contribution in [3.8, 4) is 17.6 Å². The van der Waals surface area contributed by atoms with E-state index in [4.69, 9.17) is 9.84 Å². The largest absolute Gasteiger partial charge is 0.491 e. The first kappa shape index (κ1) is 16.3. The van der Waals surface area contributed by atoms with E-state index < -0.39 is 18.6 Å². The summed E-state index contributed by atoms with van der Waals surface area (Å²) >= 11 is 0. The lowest BCUT2D eigenvalue weighted by Crippen LogP contribution is -2.19. The minimum atomic E-state index is -4.38. The van der Waals surface area contributed by atoms with Gasteiger partial charge in [-0.15, -0.1) is 0 Å². The number of ether oxygens (including phenoxy) is 2. The molecule has 0 aliphatic carbocycles. The minimum Gasteiger partial charge on any atom is -0.491 e. The van der Waals surface area contributed by atoms with Crippen molar-refractivity contribution in [2.75, 3.05) is 26.4 Å². The normalized spacial score (nSPS) is 10.8. The van der Waals surface area contributed by atoms with Gasteiger partial charge in [0.05, 0.1) is 6.61 Å². The van der Waals surface area contributed by atoms with Crippen LogP contribution < -0.4 is 4.74 Å². The lowest BCUT2D eigenvalue weighted by molar-refractivity contribution is -0.175. The molecule has 3 nitrogen and oxygen atoms in total. The number of aliphatic hydroxyl groups is 1. The minimum absolute atomic E-state index is 0.128. The van der Waals surface area contributed by atoms with Gasteiger partial charge in [0.2, 0.25) is 0 Å². The van der Waals surface area contributed by atoms with E-state index in [1.165, 1.54) is 6.07 Å². The highest BCUT2D eigenvalue weighted by Gasteiger charge is 2.27. The summed E-state index contributed by atoms with van der Waals surface area (Å²) in [7, 11) is 0. The average molecular weight is 292 g/mol. The van der Waals surface area contributed by atoms with Crippen molar-refractivity contribution >= 4 is 0 Å². The van der Waals surface area contributed by atoms with Crippen LogP contribution in [0.4, 0.5) is 17.6 Å². The SMILES string of the molecule is OCC#Cc1cc(F)cc(OCCOCC(F)(F)F)c1. The lowest BCUT2D eigenvalue weighted by Gasteiger charge is -2.09. The third-order valence-corrected chi connectivity index (χ3v) is 1.95. The molecular weight excluding hydrogens is 280 g/mol. The second-order valence-corrected chi connectivity index (χ2v) is 3.65. The van der Waals surface area contributed by atoms with Crippen molar-refractivity contribution in [1.82, 2.24) is 0 Å². The van der Waals surface area contributed by atoms with Crippen LogP contribution in [0.3, 0.4) is 0 Å². The third-order valence-electron chi connectivity index (χ3n) is 1.95. The third kappa shape index (κ3) is 6.97. The van der Waals surface area contributed by atoms with Gasteiger partial charge in [-0.25, -0.2) is 4.39 Å². The molecular formula is C13H12F4O3. The highest BCUT2D eigenvalue weighted by molar-refractivity contribution is 5.40. The number of hydrogen-bond acceptors (Lipinski definition) is 3. The van der Waals surface area contributed by atoms with E-state index in [9.17, 15) is 17.6 Å². The Balaban J connectivity index is 2.46. The van der Waals surface area contributed by atoms with Gasteiger partial charge >= 0.3 is 6.18 Å². The molecule has 0 aromatic heterocycles. The van der Waals surface area contributed by atoms with E-state index in [1.54, 1.807) is 0 Å². The van der Waals surface area contributed by atoms with Crippen LogP contribution in [0.1, 0.15) is 5.56 Å². The maximum atomic E-state index is 13.2. The summed E-state index contributed by atoms with van der Waals surface area (Å²) in [5, 5.41) is 8.53. The Morgan fingerprint density at radius 3 is 2.55 bits per heavy atom. The predicted molar refractivity (Wildman–Crippen MR) is 62.7 cm³/mol. The lowest BCUT2D eigenvalue weighted by atomic mass is 10.2. The van der Waals surface area contributed by atoms with Gasteiger partial charge in [0, 0.05) is 11.6 Å². The van der Waals surface area contributed by atoms with Crippen molar-refractivity contribution in [3.05, 3.63) is 29.6 Å². The molecule has 7 heteroatoms. The number of halogens is 4. The van der Waals surface area contributed by atoms with Crippen molar-refractivity contribution < 1.29 is 32.1 Å². The summed E-state index contributed by atoms with van der Waals surface area (Å²) in [6.07, 6.45) is -4.38. The first-order valence-electron chi connectivity index (χ1n) is 5.58. The van der Waals surface area contributed by atoms with Gasteiger partial charge in [0.1, 0.15) is 31.4 Å². The van der Waals surface area contributed by atoms with Gasteiger partial charge in [0.25, 0.3) is 0 Å². The zero-order valence-electron chi connectivity index (χ0n) is 10.3. The molecule has 0 bridgehead atoms. The van der Waals surface area contributed by atoms with Crippen LogP contribution in [-0.4, -0.2) is 37.7 Å². The van der Waals surface area contributed by atoms with Crippen LogP contribution in [0.25, 0.3) is 0 Å². The molecule has 0 aliphatic heterocycles. The fourth-order valence-electron chi connectivity index (χ4n) is 1.27. The van der Waals surface area contributed by atoms with E-state index in [0.717, 1.165) is 12.1 Å². The number of aliphatic hydroxyl groups excluding tert-OH is 1. The molecule has 0 atom stereocenters. The summed E-state index contributed by atoms with van der Waals surface area (Å²) in [5.41, 5.74) is 0.297. The monoisotopic (exact) mass is 292 g/mol. The van der Waals surface area contributed by atoms with Crippen LogP contribution in [0.15, 0.2) is 18.2 Å². The second kappa shape index (κ2) is 7.72. The fraction of sp³-hybridized carbons (Fsp3) is 0.385. The van der Waals surface area contributed by atoms with E-state index in [1.807, 2.05) is 0 Å². The van der Waals surface area contributed by atoms with E-state index >= 15 is 0 Å². The van der Waals surface area contributed by atoms with Crippen molar-refractivity contribution in [2.45, 2.75) is 6.18 Å². The summed E-state index contributed by atoms with van der Waals surface area (Å²) in [5.74, 6) is 4.37. The molecule has 1 aromatic rings. The Kier molecular flexibility index (Phi) is 6.28. The topological polar surface area (TPSA) is 38.7 Å². The molecule has 0 aliphatic rings. The quantitative estimate of drug-likeness (QED) is 0.513. The Morgan fingerprint density at radius 2 is 1.90 bits per heavy atom.